The van der Waals surface area contributed by atoms with Gasteiger partial charge in [0.25, 0.3) is 11.5 Å². The Hall–Kier alpha value is -5.68. The minimum absolute atomic E-state index is 0.220. The molecule has 0 saturated carbocycles. The van der Waals surface area contributed by atoms with Gasteiger partial charge in [0, 0.05) is 34.9 Å². The Balaban J connectivity index is 1.45. The number of carbonyl (C=O) groups is 1. The molecule has 8 nitrogen and oxygen atoms in total. The number of methoxy groups -OCH3 is 1. The number of hydrogen-bond acceptors (Lipinski definition) is 5. The Bertz CT molecular complexity index is 2020. The van der Waals surface area contributed by atoms with E-state index in [1.54, 1.807) is 34.7 Å². The van der Waals surface area contributed by atoms with Crippen LogP contribution in [0.4, 0.5) is 0 Å². The van der Waals surface area contributed by atoms with Crippen LogP contribution in [0.25, 0.3) is 22.1 Å². The molecule has 1 amide bonds. The van der Waals surface area contributed by atoms with Gasteiger partial charge in [-0.1, -0.05) is 42.2 Å². The number of nitrogens with one attached hydrogen (secondary N) is 1. The number of benzene rings is 3. The zero-order chi connectivity index (χ0) is 28.3. The van der Waals surface area contributed by atoms with E-state index in [9.17, 15) is 9.59 Å². The number of hydrogen-bond donors (Lipinski definition) is 1. The number of amides is 1. The van der Waals surface area contributed by atoms with Gasteiger partial charge < -0.3 is 10.1 Å². The molecule has 0 aliphatic carbocycles. The molecule has 1 N–H and O–H groups in total. The summed E-state index contributed by atoms with van der Waals surface area (Å²) in [6, 6.07) is 25.6. The highest BCUT2D eigenvalue weighted by molar-refractivity contribution is 5.99. The molecule has 3 heterocycles. The van der Waals surface area contributed by atoms with Gasteiger partial charge in [-0.3, -0.25) is 14.2 Å². The number of ether oxygens (including phenoxy) is 1. The van der Waals surface area contributed by atoms with Crippen LogP contribution in [-0.2, 0) is 0 Å². The normalized spacial score (nSPS) is 11.6. The van der Waals surface area contributed by atoms with Gasteiger partial charge in [-0.15, -0.1) is 0 Å². The lowest BCUT2D eigenvalue weighted by Crippen LogP contribution is -2.32. The summed E-state index contributed by atoms with van der Waals surface area (Å²) in [6.07, 6.45) is 4.83. The molecule has 6 aromatic rings. The van der Waals surface area contributed by atoms with Crippen molar-refractivity contribution in [2.75, 3.05) is 7.11 Å². The van der Waals surface area contributed by atoms with Crippen LogP contribution in [0.3, 0.4) is 0 Å². The van der Waals surface area contributed by atoms with Gasteiger partial charge in [-0.05, 0) is 66.9 Å². The maximum absolute atomic E-state index is 14.2. The highest BCUT2D eigenvalue weighted by atomic mass is 16.5. The molecule has 0 radical (unpaired) electrons. The van der Waals surface area contributed by atoms with E-state index in [-0.39, 0.29) is 11.5 Å². The van der Waals surface area contributed by atoms with Crippen molar-refractivity contribution in [1.29, 1.82) is 0 Å². The van der Waals surface area contributed by atoms with Crippen LogP contribution < -0.4 is 15.6 Å². The smallest absolute Gasteiger partial charge is 0.264 e. The molecular formula is C33H25N5O3. The van der Waals surface area contributed by atoms with Crippen LogP contribution in [0.1, 0.15) is 40.1 Å². The third-order valence-corrected chi connectivity index (χ3v) is 6.84. The Morgan fingerprint density at radius 1 is 0.976 bits per heavy atom. The van der Waals surface area contributed by atoms with E-state index >= 15 is 0 Å². The van der Waals surface area contributed by atoms with Gasteiger partial charge in [-0.2, -0.15) is 5.10 Å². The summed E-state index contributed by atoms with van der Waals surface area (Å²) in [5.74, 6) is 6.76. The molecule has 1 atom stereocenters. The lowest BCUT2D eigenvalue weighted by Gasteiger charge is -2.21. The van der Waals surface area contributed by atoms with E-state index in [1.165, 1.54) is 6.20 Å². The molecule has 8 heteroatoms. The van der Waals surface area contributed by atoms with Gasteiger partial charge in [-0.25, -0.2) is 9.50 Å². The van der Waals surface area contributed by atoms with E-state index in [0.717, 1.165) is 16.7 Å². The number of pyridine rings is 1. The molecule has 0 saturated heterocycles. The minimum Gasteiger partial charge on any atom is -0.497 e. The first-order valence-electron chi connectivity index (χ1n) is 13.0. The van der Waals surface area contributed by atoms with E-state index in [4.69, 9.17) is 4.74 Å². The Morgan fingerprint density at radius 3 is 2.56 bits per heavy atom. The fraction of sp³-hybridized carbons (Fsp3) is 0.0909. The van der Waals surface area contributed by atoms with Gasteiger partial charge in [0.05, 0.1) is 24.7 Å². The average molecular weight is 540 g/mol. The van der Waals surface area contributed by atoms with Crippen LogP contribution in [0.5, 0.6) is 5.75 Å². The van der Waals surface area contributed by atoms with Crippen molar-refractivity contribution in [3.8, 4) is 23.3 Å². The van der Waals surface area contributed by atoms with Crippen molar-refractivity contribution in [1.82, 2.24) is 24.5 Å². The molecule has 200 valence electrons. The highest BCUT2D eigenvalue weighted by Gasteiger charge is 2.21. The molecule has 0 aliphatic heterocycles. The monoisotopic (exact) mass is 539 g/mol. The quantitative estimate of drug-likeness (QED) is 0.314. The van der Waals surface area contributed by atoms with E-state index < -0.39 is 6.04 Å². The molecule has 0 bridgehead atoms. The summed E-state index contributed by atoms with van der Waals surface area (Å²) in [5, 5.41) is 8.49. The topological polar surface area (TPSA) is 90.5 Å². The number of fused-ring (bicyclic) bond motifs is 2. The Kier molecular flexibility index (Phi) is 6.76. The van der Waals surface area contributed by atoms with Crippen LogP contribution in [0.15, 0.2) is 108 Å². The second-order valence-electron chi connectivity index (χ2n) is 9.43. The summed E-state index contributed by atoms with van der Waals surface area (Å²) in [6.45, 7) is 1.85. The van der Waals surface area contributed by atoms with Gasteiger partial charge in [0.15, 0.2) is 5.65 Å². The molecule has 41 heavy (non-hydrogen) atoms. The molecule has 0 spiro atoms. The van der Waals surface area contributed by atoms with Gasteiger partial charge in [0.2, 0.25) is 0 Å². The first-order valence-corrected chi connectivity index (χ1v) is 13.0. The minimum atomic E-state index is -0.521. The summed E-state index contributed by atoms with van der Waals surface area (Å²) in [4.78, 5) is 31.8. The van der Waals surface area contributed by atoms with Crippen LogP contribution in [0, 0.1) is 11.8 Å². The van der Waals surface area contributed by atoms with Gasteiger partial charge in [0.1, 0.15) is 11.3 Å². The van der Waals surface area contributed by atoms with Crippen LogP contribution in [0.2, 0.25) is 0 Å². The van der Waals surface area contributed by atoms with E-state index in [1.807, 2.05) is 85.8 Å². The van der Waals surface area contributed by atoms with Crippen molar-refractivity contribution in [3.05, 3.63) is 136 Å². The number of para-hydroxylation sites is 1. The predicted molar refractivity (Wildman–Crippen MR) is 157 cm³/mol. The number of nitrogens with zero attached hydrogens (tertiary/aromatic N) is 4. The molecular weight excluding hydrogens is 514 g/mol. The van der Waals surface area contributed by atoms with E-state index in [2.05, 4.69) is 27.2 Å². The van der Waals surface area contributed by atoms with Crippen molar-refractivity contribution < 1.29 is 9.53 Å². The van der Waals surface area contributed by atoms with Crippen LogP contribution >= 0.6 is 0 Å². The lowest BCUT2D eigenvalue weighted by molar-refractivity contribution is 0.0940. The summed E-state index contributed by atoms with van der Waals surface area (Å²) < 4.78 is 8.41. The summed E-state index contributed by atoms with van der Waals surface area (Å²) in [5.41, 5.74) is 3.33. The molecule has 0 fully saturated rings. The van der Waals surface area contributed by atoms with Crippen molar-refractivity contribution in [2.45, 2.75) is 13.0 Å². The number of rotatable bonds is 5. The lowest BCUT2D eigenvalue weighted by atomic mass is 10.0. The second kappa shape index (κ2) is 10.8. The summed E-state index contributed by atoms with van der Waals surface area (Å²) in [7, 11) is 1.62. The van der Waals surface area contributed by atoms with Gasteiger partial charge >= 0.3 is 0 Å². The Labute approximate surface area is 235 Å². The van der Waals surface area contributed by atoms with Crippen molar-refractivity contribution in [2.24, 2.45) is 0 Å². The standard InChI is InChI=1S/C33H25N5O3/c1-22(36-32(39)28-21-35-37-19-7-18-34-31(28)37)29-20-25-9-6-8-24(15-12-23-13-16-27(41-2)17-14-23)30(25)33(40)38(29)26-10-4-3-5-11-26/h3-11,13-14,16-22H,1-2H3,(H,36,39). The fourth-order valence-electron chi connectivity index (χ4n) is 4.80. The zero-order valence-electron chi connectivity index (χ0n) is 22.4. The molecule has 6 rings (SSSR count). The fourth-order valence-corrected chi connectivity index (χ4v) is 4.80. The predicted octanol–water partition coefficient (Wildman–Crippen LogP) is 4.93. The number of aromatic nitrogens is 4. The largest absolute Gasteiger partial charge is 0.497 e. The van der Waals surface area contributed by atoms with Crippen LogP contribution in [-0.4, -0.2) is 32.2 Å². The Morgan fingerprint density at radius 2 is 1.78 bits per heavy atom. The molecule has 0 aliphatic rings. The SMILES string of the molecule is COc1ccc(C#Cc2cccc3cc(C(C)NC(=O)c4cnn5cccnc45)n(-c4ccccc4)c(=O)c23)cc1. The second-order valence-corrected chi connectivity index (χ2v) is 9.43. The maximum Gasteiger partial charge on any atom is 0.264 e. The molecule has 1 unspecified atom stereocenters. The molecule has 3 aromatic carbocycles. The molecule has 3 aromatic heterocycles. The first-order chi connectivity index (χ1) is 20.0. The third kappa shape index (κ3) is 4.92. The van der Waals surface area contributed by atoms with Crippen molar-refractivity contribution >= 4 is 22.3 Å². The highest BCUT2D eigenvalue weighted by Crippen LogP contribution is 2.24. The average Bonchev–Trinajstić information content (AvgIpc) is 3.45. The first kappa shape index (κ1) is 25.6. The number of carbonyl (C=O) groups excluding carboxylic acids is 1. The third-order valence-electron chi connectivity index (χ3n) is 6.84. The zero-order valence-corrected chi connectivity index (χ0v) is 22.4. The maximum atomic E-state index is 14.2. The summed E-state index contributed by atoms with van der Waals surface area (Å²) >= 11 is 0. The van der Waals surface area contributed by atoms with E-state index in [0.29, 0.717) is 33.5 Å². The van der Waals surface area contributed by atoms with Crippen molar-refractivity contribution in [3.63, 3.8) is 0 Å².